The van der Waals surface area contributed by atoms with Gasteiger partial charge in [0.15, 0.2) is 29.1 Å². The molecule has 5 aromatic carbocycles. The number of hydrogen-bond donors (Lipinski definition) is 1. The molecule has 27 nitrogen and oxygen atoms in total. The number of carboxylic acids is 1. The molecule has 20 rings (SSSR count). The fraction of sp³-hybridized carbons (Fsp3) is 0.0732. The number of halogens is 5. The second kappa shape index (κ2) is 35.8. The van der Waals surface area contributed by atoms with E-state index < -0.39 is 5.97 Å². The van der Waals surface area contributed by atoms with Crippen molar-refractivity contribution in [1.29, 1.82) is 0 Å². The van der Waals surface area contributed by atoms with Gasteiger partial charge in [0.25, 0.3) is 33.8 Å². The van der Waals surface area contributed by atoms with Crippen molar-refractivity contribution in [2.45, 2.75) is 41.5 Å². The van der Waals surface area contributed by atoms with Crippen LogP contribution in [0.3, 0.4) is 0 Å². The topological polar surface area (TPSA) is 339 Å². The molecule has 37 heteroatoms. The van der Waals surface area contributed by atoms with E-state index in [2.05, 4.69) is 130 Å². The third-order valence-electron chi connectivity index (χ3n) is 16.7. The Morgan fingerprint density at radius 3 is 0.588 bits per heavy atom. The number of hydrogen-bond acceptors (Lipinski definition) is 26. The minimum atomic E-state index is -0.833. The molecule has 0 fully saturated rings. The zero-order valence-electron chi connectivity index (χ0n) is 62.3. The van der Waals surface area contributed by atoms with Crippen LogP contribution < -0.4 is 50.5 Å². The number of aliphatic carboxylic acids is 1. The van der Waals surface area contributed by atoms with E-state index in [0.717, 1.165) is 85.9 Å². The summed E-state index contributed by atoms with van der Waals surface area (Å²) < 4.78 is 41.3. The zero-order valence-corrected chi connectivity index (χ0v) is 74.3. The highest BCUT2D eigenvalue weighted by Crippen LogP contribution is 2.31. The molecule has 0 saturated carbocycles. The minimum Gasteiger partial charge on any atom is -0.481 e. The summed E-state index contributed by atoms with van der Waals surface area (Å²) in [6, 6.07) is 56.7. The van der Waals surface area contributed by atoms with Crippen LogP contribution >= 0.6 is 136 Å². The molecule has 0 bridgehead atoms. The van der Waals surface area contributed by atoms with Gasteiger partial charge in [0.1, 0.15) is 80.3 Å². The highest BCUT2D eigenvalue weighted by atomic mass is 79.9. The summed E-state index contributed by atoms with van der Waals surface area (Å²) in [5.74, 6) is 9.08. The number of thiazole rings is 5. The van der Waals surface area contributed by atoms with E-state index >= 15 is 0 Å². The summed E-state index contributed by atoms with van der Waals surface area (Å²) in [6.07, 6.45) is 8.58. The second-order valence-electron chi connectivity index (χ2n) is 25.4. The van der Waals surface area contributed by atoms with Crippen LogP contribution in [0.15, 0.2) is 250 Å². The Kier molecular flexibility index (Phi) is 24.8. The van der Waals surface area contributed by atoms with E-state index in [-0.39, 0.29) is 27.8 Å². The number of fused-ring (bicyclic) bond motifs is 5. The monoisotopic (exact) mass is 1990 g/mol. The molecule has 0 saturated heterocycles. The second-order valence-corrected chi connectivity index (χ2v) is 34.7. The predicted octanol–water partition coefficient (Wildman–Crippen LogP) is 15.2. The number of furan rings is 5. The molecular weight excluding hydrogens is 1950 g/mol. The molecule has 0 aliphatic carbocycles. The molecule has 1 N–H and O–H groups in total. The van der Waals surface area contributed by atoms with Gasteiger partial charge in [-0.15, -0.1) is 25.5 Å². The molecule has 15 aromatic heterocycles. The quantitative estimate of drug-likeness (QED) is 0.133. The van der Waals surface area contributed by atoms with E-state index in [4.69, 9.17) is 32.0 Å². The van der Waals surface area contributed by atoms with Crippen molar-refractivity contribution in [1.82, 2.24) is 73.0 Å². The van der Waals surface area contributed by atoms with Crippen molar-refractivity contribution in [3.8, 4) is 56.9 Å². The van der Waals surface area contributed by atoms with E-state index in [9.17, 15) is 24.0 Å². The van der Waals surface area contributed by atoms with Gasteiger partial charge in [-0.25, -0.2) is 0 Å². The summed E-state index contributed by atoms with van der Waals surface area (Å²) in [4.78, 5) is 96.4. The van der Waals surface area contributed by atoms with Crippen LogP contribution in [0.25, 0.3) is 112 Å². The third kappa shape index (κ3) is 18.7. The van der Waals surface area contributed by atoms with Gasteiger partial charge in [0, 0.05) is 87.5 Å². The van der Waals surface area contributed by atoms with Crippen LogP contribution in [0.4, 0.5) is 0 Å². The van der Waals surface area contributed by atoms with Crippen LogP contribution in [0.1, 0.15) is 64.5 Å². The van der Waals surface area contributed by atoms with E-state index in [1.54, 1.807) is 30.4 Å². The van der Waals surface area contributed by atoms with Crippen molar-refractivity contribution in [2.24, 2.45) is 0 Å². The lowest BCUT2D eigenvalue weighted by atomic mass is 10.2. The van der Waals surface area contributed by atoms with Crippen LogP contribution in [0.5, 0.6) is 0 Å². The first-order chi connectivity index (χ1) is 57.3. The molecule has 594 valence electrons. The molecule has 20 aromatic rings. The van der Waals surface area contributed by atoms with Crippen LogP contribution in [-0.4, -0.2) is 84.1 Å². The molecule has 0 unspecified atom stereocenters. The number of rotatable bonds is 10. The van der Waals surface area contributed by atoms with Gasteiger partial charge >= 0.3 is 0 Å². The fourth-order valence-corrected chi connectivity index (χ4v) is 18.0. The predicted molar refractivity (Wildman–Crippen MR) is 476 cm³/mol. The zero-order chi connectivity index (χ0) is 83.4. The molecule has 15 heterocycles. The fourth-order valence-electron chi connectivity index (χ4n) is 11.3. The van der Waals surface area contributed by atoms with Crippen molar-refractivity contribution >= 4 is 197 Å². The van der Waals surface area contributed by atoms with Gasteiger partial charge in [0.05, 0.1) is 0 Å². The first kappa shape index (κ1) is 82.3. The maximum absolute atomic E-state index is 12.5. The lowest BCUT2D eigenvalue weighted by Crippen LogP contribution is -2.23. The van der Waals surface area contributed by atoms with Gasteiger partial charge in [-0.2, -0.15) is 47.5 Å². The van der Waals surface area contributed by atoms with Gasteiger partial charge in [-0.3, -0.25) is 28.8 Å². The summed E-state index contributed by atoms with van der Waals surface area (Å²) in [7, 11) is 0. The Morgan fingerprint density at radius 2 is 0.454 bits per heavy atom. The Bertz CT molecular complexity index is 6800. The van der Waals surface area contributed by atoms with Crippen molar-refractivity contribution in [3.05, 3.63) is 336 Å². The average Bonchev–Trinajstić information content (AvgIpc) is 1.65. The Morgan fingerprint density at radius 1 is 0.294 bits per heavy atom. The van der Waals surface area contributed by atoms with Gasteiger partial charge in [0.2, 0.25) is 24.8 Å². The highest BCUT2D eigenvalue weighted by molar-refractivity contribution is 9.11. The SMILES string of the molecule is CC(=O)O.Cc1ccc(/C=c2\sc3nc(-c4ccccc4Br)nn3c2=O)o1.Cc1ccc(/C=c2\sc3nc(-c4ccccc4Br)nn3c2=O)o1.Cc1ccc(/C=c2\sc3nc(-c4ccccc4Br)nn3c2=O)o1.Cc1ccc(/C=c2\sc3nc(-c4ccccc4Br)nn3c2=O)o1.Cc1ccc(/C=c2\sc3nc(-c4ccccc4Br)nn3c2=O)o1. The smallest absolute Gasteiger partial charge is 0.300 e. The number of nitrogens with zero attached hydrogens (tertiary/aromatic N) is 15. The average molecular weight is 2000 g/mol. The Labute approximate surface area is 730 Å². The van der Waals surface area contributed by atoms with Crippen molar-refractivity contribution in [3.63, 3.8) is 0 Å². The molecule has 0 spiro atoms. The molecule has 0 aliphatic rings. The first-order valence-electron chi connectivity index (χ1n) is 35.1. The Balaban J connectivity index is 0.000000115. The maximum Gasteiger partial charge on any atom is 0.300 e. The number of benzene rings is 5. The molecule has 119 heavy (non-hydrogen) atoms. The van der Waals surface area contributed by atoms with Crippen LogP contribution in [-0.2, 0) is 4.79 Å². The van der Waals surface area contributed by atoms with E-state index in [1.807, 2.05) is 217 Å². The van der Waals surface area contributed by atoms with E-state index in [0.29, 0.717) is 105 Å². The number of carbonyl (C=O) groups is 1. The highest BCUT2D eigenvalue weighted by Gasteiger charge is 2.21. The number of aromatic nitrogens is 15. The van der Waals surface area contributed by atoms with Crippen LogP contribution in [0, 0.1) is 34.6 Å². The lowest BCUT2D eigenvalue weighted by molar-refractivity contribution is -0.134. The molecule has 0 amide bonds. The van der Waals surface area contributed by atoms with E-state index in [1.165, 1.54) is 79.3 Å². The van der Waals surface area contributed by atoms with Gasteiger partial charge in [-0.1, -0.05) is 197 Å². The molecule has 0 aliphatic heterocycles. The maximum atomic E-state index is 12.5. The minimum absolute atomic E-state index is 0.190. The molecule has 0 radical (unpaired) electrons. The molecular formula is C82H54Br5N15O12S5. The number of aryl methyl sites for hydroxylation is 5. The summed E-state index contributed by atoms with van der Waals surface area (Å²) in [5, 5.41) is 29.1. The largest absolute Gasteiger partial charge is 0.481 e. The lowest BCUT2D eigenvalue weighted by Gasteiger charge is -1.96. The summed E-state index contributed by atoms with van der Waals surface area (Å²) in [5.41, 5.74) is 3.33. The Hall–Kier alpha value is -11.8. The van der Waals surface area contributed by atoms with Gasteiger partial charge < -0.3 is 27.2 Å². The molecule has 0 atom stereocenters. The third-order valence-corrected chi connectivity index (χ3v) is 24.9. The van der Waals surface area contributed by atoms with Crippen LogP contribution in [0.2, 0.25) is 0 Å². The standard InChI is InChI=1S/5C16H10BrN3O2S.C2H4O2/c5*1-9-6-7-10(22-9)8-13-15(21)20-16(23-13)18-14(19-20)11-4-2-3-5-12(11)17;1-2(3)4/h5*2-8H,1H3;1H3,(H,3,4)/b5*13-8-;. The number of carboxylic acid groups (broad SMARTS) is 1. The van der Waals surface area contributed by atoms with Crippen molar-refractivity contribution in [2.75, 3.05) is 0 Å². The summed E-state index contributed by atoms with van der Waals surface area (Å²) in [6.45, 7) is 10.4. The first-order valence-corrected chi connectivity index (χ1v) is 43.2. The normalized spacial score (nSPS) is 12.1. The van der Waals surface area contributed by atoms with Crippen molar-refractivity contribution < 1.29 is 32.0 Å². The summed E-state index contributed by atoms with van der Waals surface area (Å²) >= 11 is 23.9. The van der Waals surface area contributed by atoms with Gasteiger partial charge in [-0.05, 0) is 156 Å².